The molecule has 2 saturated carbocycles. The van der Waals surface area contributed by atoms with Gasteiger partial charge in [-0.05, 0) is 52.4 Å². The SMILES string of the molecule is CC(C)(C)OC(=O)NC[C@@H]1CCC[C@H]1NCCNC(=O)C1CCCCC1. The number of nitrogens with one attached hydrogen (secondary N) is 3. The van der Waals surface area contributed by atoms with Gasteiger partial charge in [-0.3, -0.25) is 4.79 Å². The van der Waals surface area contributed by atoms with Crippen LogP contribution in [0.1, 0.15) is 72.1 Å². The van der Waals surface area contributed by atoms with E-state index in [0.717, 1.165) is 32.2 Å². The summed E-state index contributed by atoms with van der Waals surface area (Å²) < 4.78 is 5.30. The number of hydrogen-bond donors (Lipinski definition) is 3. The quantitative estimate of drug-likeness (QED) is 0.605. The number of carbonyl (C=O) groups is 2. The third-order valence-electron chi connectivity index (χ3n) is 5.37. The van der Waals surface area contributed by atoms with Gasteiger partial charge in [-0.1, -0.05) is 25.7 Å². The summed E-state index contributed by atoms with van der Waals surface area (Å²) in [6, 6.07) is 0.400. The molecule has 2 rings (SSSR count). The van der Waals surface area contributed by atoms with Crippen LogP contribution in [0, 0.1) is 11.8 Å². The number of carbonyl (C=O) groups excluding carboxylic acids is 2. The lowest BCUT2D eigenvalue weighted by Gasteiger charge is -2.24. The first-order valence-electron chi connectivity index (χ1n) is 10.3. The molecule has 2 aliphatic rings. The molecule has 6 heteroatoms. The van der Waals surface area contributed by atoms with Gasteiger partial charge in [-0.15, -0.1) is 0 Å². The lowest BCUT2D eigenvalue weighted by atomic mass is 9.89. The Bertz CT molecular complexity index is 456. The summed E-state index contributed by atoms with van der Waals surface area (Å²) >= 11 is 0. The highest BCUT2D eigenvalue weighted by Gasteiger charge is 2.28. The largest absolute Gasteiger partial charge is 0.444 e. The van der Waals surface area contributed by atoms with Crippen LogP contribution in [0.2, 0.25) is 0 Å². The molecule has 0 radical (unpaired) electrons. The number of rotatable bonds is 7. The molecule has 0 saturated heterocycles. The molecule has 0 spiro atoms. The molecule has 2 amide bonds. The van der Waals surface area contributed by atoms with Gasteiger partial charge in [0, 0.05) is 31.6 Å². The van der Waals surface area contributed by atoms with E-state index in [1.54, 1.807) is 0 Å². The second-order valence-corrected chi connectivity index (χ2v) is 8.76. The molecule has 2 fully saturated rings. The van der Waals surface area contributed by atoms with E-state index in [2.05, 4.69) is 16.0 Å². The fourth-order valence-corrected chi connectivity index (χ4v) is 4.03. The normalized spacial score (nSPS) is 24.3. The summed E-state index contributed by atoms with van der Waals surface area (Å²) in [5, 5.41) is 9.52. The van der Waals surface area contributed by atoms with Gasteiger partial charge in [-0.25, -0.2) is 4.79 Å². The molecule has 0 bridgehead atoms. The number of amides is 2. The van der Waals surface area contributed by atoms with E-state index in [4.69, 9.17) is 4.74 Å². The summed E-state index contributed by atoms with van der Waals surface area (Å²) in [6.07, 6.45) is 8.79. The summed E-state index contributed by atoms with van der Waals surface area (Å²) in [5.74, 6) is 0.874. The highest BCUT2D eigenvalue weighted by Crippen LogP contribution is 2.25. The molecule has 2 aliphatic carbocycles. The van der Waals surface area contributed by atoms with E-state index in [-0.39, 0.29) is 17.9 Å². The number of alkyl carbamates (subject to hydrolysis) is 1. The average Bonchev–Trinajstić information content (AvgIpc) is 3.03. The molecule has 0 aromatic carbocycles. The summed E-state index contributed by atoms with van der Waals surface area (Å²) in [4.78, 5) is 24.0. The van der Waals surface area contributed by atoms with Gasteiger partial charge in [0.25, 0.3) is 0 Å². The van der Waals surface area contributed by atoms with E-state index in [0.29, 0.717) is 25.0 Å². The highest BCUT2D eigenvalue weighted by atomic mass is 16.6. The zero-order chi connectivity index (χ0) is 19.0. The molecule has 0 aromatic rings. The maximum Gasteiger partial charge on any atom is 0.407 e. The minimum atomic E-state index is -0.464. The molecule has 0 aliphatic heterocycles. The van der Waals surface area contributed by atoms with Crippen molar-refractivity contribution in [1.29, 1.82) is 0 Å². The van der Waals surface area contributed by atoms with Crippen LogP contribution < -0.4 is 16.0 Å². The van der Waals surface area contributed by atoms with Crippen LogP contribution in [-0.2, 0) is 9.53 Å². The van der Waals surface area contributed by atoms with E-state index < -0.39 is 5.60 Å². The van der Waals surface area contributed by atoms with Crippen LogP contribution in [0.5, 0.6) is 0 Å². The Labute approximate surface area is 158 Å². The molecule has 6 nitrogen and oxygen atoms in total. The fraction of sp³-hybridized carbons (Fsp3) is 0.900. The monoisotopic (exact) mass is 367 g/mol. The second-order valence-electron chi connectivity index (χ2n) is 8.76. The maximum absolute atomic E-state index is 12.1. The van der Waals surface area contributed by atoms with Crippen molar-refractivity contribution >= 4 is 12.0 Å². The molecule has 3 N–H and O–H groups in total. The topological polar surface area (TPSA) is 79.5 Å². The van der Waals surface area contributed by atoms with Gasteiger partial charge >= 0.3 is 6.09 Å². The Balaban J connectivity index is 1.60. The summed E-state index contributed by atoms with van der Waals surface area (Å²) in [7, 11) is 0. The van der Waals surface area contributed by atoms with Gasteiger partial charge in [0.15, 0.2) is 0 Å². The molecule has 0 heterocycles. The first-order valence-corrected chi connectivity index (χ1v) is 10.3. The first kappa shape index (κ1) is 21.0. The predicted octanol–water partition coefficient (Wildman–Crippen LogP) is 2.97. The maximum atomic E-state index is 12.1. The van der Waals surface area contributed by atoms with Crippen molar-refractivity contribution in [2.75, 3.05) is 19.6 Å². The number of ether oxygens (including phenoxy) is 1. The van der Waals surface area contributed by atoms with Crippen molar-refractivity contribution in [3.05, 3.63) is 0 Å². The van der Waals surface area contributed by atoms with Crippen molar-refractivity contribution < 1.29 is 14.3 Å². The predicted molar refractivity (Wildman–Crippen MR) is 103 cm³/mol. The average molecular weight is 368 g/mol. The highest BCUT2D eigenvalue weighted by molar-refractivity contribution is 5.78. The molecule has 26 heavy (non-hydrogen) atoms. The Morgan fingerprint density at radius 3 is 2.35 bits per heavy atom. The fourth-order valence-electron chi connectivity index (χ4n) is 4.03. The van der Waals surface area contributed by atoms with Crippen LogP contribution in [0.15, 0.2) is 0 Å². The van der Waals surface area contributed by atoms with Crippen molar-refractivity contribution in [2.45, 2.75) is 83.8 Å². The van der Waals surface area contributed by atoms with Crippen LogP contribution in [0.4, 0.5) is 4.79 Å². The molecule has 150 valence electrons. The molecule has 0 aromatic heterocycles. The second kappa shape index (κ2) is 10.1. The molecule has 2 atom stereocenters. The van der Waals surface area contributed by atoms with E-state index >= 15 is 0 Å². The van der Waals surface area contributed by atoms with Gasteiger partial charge in [0.2, 0.25) is 5.91 Å². The van der Waals surface area contributed by atoms with E-state index in [1.165, 1.54) is 25.7 Å². The smallest absolute Gasteiger partial charge is 0.407 e. The number of hydrogen-bond acceptors (Lipinski definition) is 4. The lowest BCUT2D eigenvalue weighted by molar-refractivity contribution is -0.125. The Hall–Kier alpha value is -1.30. The van der Waals surface area contributed by atoms with Gasteiger partial charge in [0.1, 0.15) is 5.60 Å². The van der Waals surface area contributed by atoms with Crippen molar-refractivity contribution in [3.8, 4) is 0 Å². The minimum Gasteiger partial charge on any atom is -0.444 e. The standard InChI is InChI=1S/C20H37N3O3/c1-20(2,3)26-19(25)23-14-16-10-7-11-17(16)21-12-13-22-18(24)15-8-5-4-6-9-15/h15-17,21H,4-14H2,1-3H3,(H,22,24)(H,23,25)/t16-,17+/m0/s1. The summed E-state index contributed by atoms with van der Waals surface area (Å²) in [6.45, 7) is 7.71. The Morgan fingerprint density at radius 1 is 0.923 bits per heavy atom. The zero-order valence-corrected chi connectivity index (χ0v) is 16.7. The van der Waals surface area contributed by atoms with Crippen molar-refractivity contribution in [3.63, 3.8) is 0 Å². The van der Waals surface area contributed by atoms with Crippen molar-refractivity contribution in [1.82, 2.24) is 16.0 Å². The third-order valence-corrected chi connectivity index (χ3v) is 5.37. The zero-order valence-electron chi connectivity index (χ0n) is 16.7. The molecular formula is C20H37N3O3. The van der Waals surface area contributed by atoms with Gasteiger partial charge in [0.05, 0.1) is 0 Å². The van der Waals surface area contributed by atoms with Gasteiger partial charge in [-0.2, -0.15) is 0 Å². The summed E-state index contributed by atoms with van der Waals surface area (Å²) in [5.41, 5.74) is -0.464. The first-order chi connectivity index (χ1) is 12.3. The van der Waals surface area contributed by atoms with E-state index in [9.17, 15) is 9.59 Å². The third kappa shape index (κ3) is 7.52. The van der Waals surface area contributed by atoms with Crippen LogP contribution in [0.25, 0.3) is 0 Å². The van der Waals surface area contributed by atoms with Crippen LogP contribution >= 0.6 is 0 Å². The lowest BCUT2D eigenvalue weighted by Crippen LogP contribution is -2.43. The molecular weight excluding hydrogens is 330 g/mol. The van der Waals surface area contributed by atoms with Crippen LogP contribution in [0.3, 0.4) is 0 Å². The Kier molecular flexibility index (Phi) is 8.19. The minimum absolute atomic E-state index is 0.223. The van der Waals surface area contributed by atoms with E-state index in [1.807, 2.05) is 20.8 Å². The van der Waals surface area contributed by atoms with Gasteiger partial charge < -0.3 is 20.7 Å². The van der Waals surface area contributed by atoms with Crippen molar-refractivity contribution in [2.24, 2.45) is 11.8 Å². The molecule has 0 unspecified atom stereocenters. The Morgan fingerprint density at radius 2 is 1.65 bits per heavy atom. The van der Waals surface area contributed by atoms with Crippen LogP contribution in [-0.4, -0.2) is 43.3 Å².